The van der Waals surface area contributed by atoms with Gasteiger partial charge in [0.1, 0.15) is 5.82 Å². The number of nitrogens with one attached hydrogen (secondary N) is 1. The topological polar surface area (TPSA) is 72.2 Å². The van der Waals surface area contributed by atoms with Crippen LogP contribution in [0.2, 0.25) is 0 Å². The number of thioether (sulfide) groups is 1. The molecule has 1 amide bonds. The van der Waals surface area contributed by atoms with Crippen LogP contribution in [0, 0.1) is 5.82 Å². The van der Waals surface area contributed by atoms with Crippen molar-refractivity contribution in [2.75, 3.05) is 11.1 Å². The summed E-state index contributed by atoms with van der Waals surface area (Å²) in [4.78, 5) is 12.3. The molecule has 0 saturated heterocycles. The minimum atomic E-state index is -0.478. The number of carbonyl (C=O) groups excluding carboxylic acids is 1. The van der Waals surface area contributed by atoms with Crippen LogP contribution in [-0.4, -0.2) is 31.5 Å². The third-order valence-electron chi connectivity index (χ3n) is 5.00. The van der Waals surface area contributed by atoms with Crippen LogP contribution in [0.15, 0.2) is 96.2 Å². The standard InChI is InChI=1S/C25H18FN5OS/c26-20-8-4-5-9-22(20)27-24(32)16-33-25-29-28-23-15-14-21(30-31(23)25)19-12-10-18(11-13-19)17-6-2-1-3-7-17/h1-15H,16H2,(H,27,32). The van der Waals surface area contributed by atoms with Gasteiger partial charge in [-0.05, 0) is 35.4 Å². The molecule has 8 heteroatoms. The molecule has 0 atom stereocenters. The first-order chi connectivity index (χ1) is 16.2. The Morgan fingerprint density at radius 2 is 1.52 bits per heavy atom. The number of fused-ring (bicyclic) bond motifs is 1. The Kier molecular flexibility index (Phi) is 5.82. The van der Waals surface area contributed by atoms with Crippen molar-refractivity contribution in [3.05, 3.63) is 96.8 Å². The van der Waals surface area contributed by atoms with Gasteiger partial charge in [0, 0.05) is 5.56 Å². The van der Waals surface area contributed by atoms with E-state index in [0.29, 0.717) is 10.8 Å². The average molecular weight is 456 g/mol. The van der Waals surface area contributed by atoms with Crippen LogP contribution in [0.3, 0.4) is 0 Å². The third kappa shape index (κ3) is 4.61. The van der Waals surface area contributed by atoms with Gasteiger partial charge in [-0.1, -0.05) is 78.5 Å². The monoisotopic (exact) mass is 455 g/mol. The Hall–Kier alpha value is -4.04. The van der Waals surface area contributed by atoms with Gasteiger partial charge in [0.15, 0.2) is 5.65 Å². The second kappa shape index (κ2) is 9.22. The van der Waals surface area contributed by atoms with Crippen molar-refractivity contribution in [3.8, 4) is 22.4 Å². The molecule has 1 N–H and O–H groups in total. The minimum Gasteiger partial charge on any atom is -0.323 e. The van der Waals surface area contributed by atoms with Gasteiger partial charge < -0.3 is 5.32 Å². The second-order valence-electron chi connectivity index (χ2n) is 7.23. The molecule has 3 aromatic carbocycles. The van der Waals surface area contributed by atoms with Crippen LogP contribution >= 0.6 is 11.8 Å². The molecule has 0 fully saturated rings. The summed E-state index contributed by atoms with van der Waals surface area (Å²) in [6.45, 7) is 0. The van der Waals surface area contributed by atoms with E-state index in [2.05, 4.69) is 44.9 Å². The number of para-hydroxylation sites is 1. The molecule has 5 aromatic rings. The van der Waals surface area contributed by atoms with Gasteiger partial charge in [0.05, 0.1) is 17.1 Å². The summed E-state index contributed by atoms with van der Waals surface area (Å²) in [5.41, 5.74) is 4.73. The average Bonchev–Trinajstić information content (AvgIpc) is 3.27. The maximum Gasteiger partial charge on any atom is 0.234 e. The van der Waals surface area contributed by atoms with E-state index in [1.807, 2.05) is 42.5 Å². The van der Waals surface area contributed by atoms with Crippen molar-refractivity contribution in [3.63, 3.8) is 0 Å². The maximum absolute atomic E-state index is 13.7. The Labute approximate surface area is 193 Å². The zero-order valence-electron chi connectivity index (χ0n) is 17.4. The molecular weight excluding hydrogens is 437 g/mol. The van der Waals surface area contributed by atoms with E-state index in [9.17, 15) is 9.18 Å². The second-order valence-corrected chi connectivity index (χ2v) is 8.17. The lowest BCUT2D eigenvalue weighted by atomic mass is 10.0. The Bertz CT molecular complexity index is 1420. The normalized spacial score (nSPS) is 10.9. The smallest absolute Gasteiger partial charge is 0.234 e. The van der Waals surface area contributed by atoms with Crippen molar-refractivity contribution in [2.24, 2.45) is 0 Å². The molecule has 0 aliphatic carbocycles. The van der Waals surface area contributed by atoms with Crippen molar-refractivity contribution in [1.82, 2.24) is 19.8 Å². The molecule has 2 heterocycles. The predicted octanol–water partition coefficient (Wildman–Crippen LogP) is 5.33. The summed E-state index contributed by atoms with van der Waals surface area (Å²) in [5, 5.41) is 16.0. The first kappa shape index (κ1) is 20.8. The Morgan fingerprint density at radius 1 is 0.818 bits per heavy atom. The lowest BCUT2D eigenvalue weighted by Gasteiger charge is -2.06. The van der Waals surface area contributed by atoms with Crippen LogP contribution in [0.25, 0.3) is 28.0 Å². The number of benzene rings is 3. The van der Waals surface area contributed by atoms with Crippen LogP contribution in [0.5, 0.6) is 0 Å². The minimum absolute atomic E-state index is 0.0484. The van der Waals surface area contributed by atoms with Crippen molar-refractivity contribution in [2.45, 2.75) is 5.16 Å². The van der Waals surface area contributed by atoms with E-state index in [1.54, 1.807) is 16.6 Å². The number of amides is 1. The van der Waals surface area contributed by atoms with Gasteiger partial charge in [-0.15, -0.1) is 10.2 Å². The molecule has 5 rings (SSSR count). The van der Waals surface area contributed by atoms with E-state index in [4.69, 9.17) is 0 Å². The van der Waals surface area contributed by atoms with Crippen LogP contribution in [0.4, 0.5) is 10.1 Å². The number of rotatable bonds is 6. The fourth-order valence-electron chi connectivity index (χ4n) is 3.36. The highest BCUT2D eigenvalue weighted by Gasteiger charge is 2.13. The van der Waals surface area contributed by atoms with Crippen molar-refractivity contribution >= 4 is 29.0 Å². The molecule has 0 unspecified atom stereocenters. The highest BCUT2D eigenvalue weighted by molar-refractivity contribution is 7.99. The van der Waals surface area contributed by atoms with Crippen molar-refractivity contribution < 1.29 is 9.18 Å². The number of aromatic nitrogens is 4. The van der Waals surface area contributed by atoms with Crippen LogP contribution in [0.1, 0.15) is 0 Å². The molecule has 0 spiro atoms. The third-order valence-corrected chi connectivity index (χ3v) is 5.92. The number of nitrogens with zero attached hydrogens (tertiary/aromatic N) is 4. The zero-order valence-corrected chi connectivity index (χ0v) is 18.2. The summed E-state index contributed by atoms with van der Waals surface area (Å²) in [7, 11) is 0. The van der Waals surface area contributed by atoms with Gasteiger partial charge in [0.25, 0.3) is 0 Å². The lowest BCUT2D eigenvalue weighted by Crippen LogP contribution is -2.15. The number of hydrogen-bond acceptors (Lipinski definition) is 5. The molecule has 2 aromatic heterocycles. The summed E-state index contributed by atoms with van der Waals surface area (Å²) in [6.07, 6.45) is 0. The van der Waals surface area contributed by atoms with E-state index >= 15 is 0 Å². The molecular formula is C25H18FN5OS. The number of halogens is 1. The molecule has 0 aliphatic rings. The van der Waals surface area contributed by atoms with Crippen molar-refractivity contribution in [1.29, 1.82) is 0 Å². The summed E-state index contributed by atoms with van der Waals surface area (Å²) < 4.78 is 15.4. The summed E-state index contributed by atoms with van der Waals surface area (Å²) in [5.74, 6) is -0.768. The van der Waals surface area contributed by atoms with E-state index < -0.39 is 5.82 Å². The predicted molar refractivity (Wildman–Crippen MR) is 127 cm³/mol. The first-order valence-electron chi connectivity index (χ1n) is 10.2. The van der Waals surface area contributed by atoms with Gasteiger partial charge in [0.2, 0.25) is 11.1 Å². The summed E-state index contributed by atoms with van der Waals surface area (Å²) in [6, 6.07) is 28.1. The Balaban J connectivity index is 1.32. The van der Waals surface area contributed by atoms with Gasteiger partial charge in [-0.25, -0.2) is 4.39 Å². The maximum atomic E-state index is 13.7. The lowest BCUT2D eigenvalue weighted by molar-refractivity contribution is -0.113. The number of anilines is 1. The summed E-state index contributed by atoms with van der Waals surface area (Å²) >= 11 is 1.19. The molecule has 0 bridgehead atoms. The van der Waals surface area contributed by atoms with Gasteiger partial charge in [-0.2, -0.15) is 9.61 Å². The largest absolute Gasteiger partial charge is 0.323 e. The molecule has 0 radical (unpaired) electrons. The van der Waals surface area contributed by atoms with E-state index in [0.717, 1.165) is 22.4 Å². The highest BCUT2D eigenvalue weighted by atomic mass is 32.2. The van der Waals surface area contributed by atoms with E-state index in [1.165, 1.54) is 23.9 Å². The zero-order chi connectivity index (χ0) is 22.6. The molecule has 33 heavy (non-hydrogen) atoms. The van der Waals surface area contributed by atoms with Crippen LogP contribution < -0.4 is 5.32 Å². The van der Waals surface area contributed by atoms with E-state index in [-0.39, 0.29) is 17.3 Å². The fraction of sp³-hybridized carbons (Fsp3) is 0.0400. The fourth-order valence-corrected chi connectivity index (χ4v) is 4.04. The molecule has 6 nitrogen and oxygen atoms in total. The SMILES string of the molecule is O=C(CSc1nnc2ccc(-c3ccc(-c4ccccc4)cc3)nn12)Nc1ccccc1F. The molecule has 0 saturated carbocycles. The number of carbonyl (C=O) groups is 1. The highest BCUT2D eigenvalue weighted by Crippen LogP contribution is 2.25. The first-order valence-corrected chi connectivity index (χ1v) is 11.2. The quantitative estimate of drug-likeness (QED) is 0.351. The van der Waals surface area contributed by atoms with Gasteiger partial charge in [-0.3, -0.25) is 4.79 Å². The molecule has 162 valence electrons. The number of hydrogen-bond donors (Lipinski definition) is 1. The molecule has 0 aliphatic heterocycles. The van der Waals surface area contributed by atoms with Gasteiger partial charge >= 0.3 is 0 Å². The Morgan fingerprint density at radius 3 is 2.30 bits per heavy atom. The van der Waals surface area contributed by atoms with Crippen LogP contribution in [-0.2, 0) is 4.79 Å².